The van der Waals surface area contributed by atoms with Crippen molar-refractivity contribution in [1.29, 1.82) is 0 Å². The number of aliphatic carboxylic acids is 1. The monoisotopic (exact) mass is 280 g/mol. The number of hydrogen-bond donors (Lipinski definition) is 3. The highest BCUT2D eigenvalue weighted by molar-refractivity contribution is 6.04. The summed E-state index contributed by atoms with van der Waals surface area (Å²) in [6.07, 6.45) is -0.412. The first-order valence-corrected chi connectivity index (χ1v) is 6.33. The molecule has 1 aromatic carbocycles. The van der Waals surface area contributed by atoms with Crippen LogP contribution in [0.4, 0.5) is 5.69 Å². The molecular weight excluding hydrogens is 260 g/mol. The van der Waals surface area contributed by atoms with E-state index in [1.807, 2.05) is 13.8 Å². The average molecular weight is 280 g/mol. The summed E-state index contributed by atoms with van der Waals surface area (Å²) < 4.78 is 0. The van der Waals surface area contributed by atoms with Crippen molar-refractivity contribution in [2.75, 3.05) is 5.32 Å². The fourth-order valence-electron chi connectivity index (χ4n) is 1.53. The molecule has 1 aromatic rings. The van der Waals surface area contributed by atoms with Gasteiger partial charge in [0.25, 0.3) is 5.91 Å². The van der Waals surface area contributed by atoms with Crippen molar-refractivity contribution in [3.8, 4) is 0 Å². The summed E-state index contributed by atoms with van der Waals surface area (Å²) in [5.41, 5.74) is 6.42. The van der Waals surface area contributed by atoms with Crippen LogP contribution in [0.25, 0.3) is 0 Å². The molecule has 0 unspecified atom stereocenters. The molecule has 0 heterocycles. The molecule has 0 atom stereocenters. The molecule has 0 fully saturated rings. The van der Waals surface area contributed by atoms with Gasteiger partial charge in [-0.05, 0) is 18.6 Å². The molecule has 0 bridgehead atoms. The Labute approximate surface area is 118 Å². The zero-order valence-corrected chi connectivity index (χ0v) is 11.9. The van der Waals surface area contributed by atoms with E-state index in [-0.39, 0.29) is 18.4 Å². The third kappa shape index (κ3) is 5.51. The second-order valence-corrected chi connectivity index (χ2v) is 3.80. The first kappa shape index (κ1) is 17.6. The Morgan fingerprint density at radius 2 is 1.80 bits per heavy atom. The van der Waals surface area contributed by atoms with E-state index in [0.29, 0.717) is 11.3 Å². The zero-order chi connectivity index (χ0) is 15.7. The number of carbonyl (C=O) groups is 3. The van der Waals surface area contributed by atoms with Crippen LogP contribution < -0.4 is 11.1 Å². The largest absolute Gasteiger partial charge is 0.481 e. The molecule has 0 aliphatic heterocycles. The summed E-state index contributed by atoms with van der Waals surface area (Å²) in [6.45, 7) is 5.70. The number of benzene rings is 1. The van der Waals surface area contributed by atoms with Crippen LogP contribution in [0, 0.1) is 6.92 Å². The van der Waals surface area contributed by atoms with Crippen LogP contribution in [-0.4, -0.2) is 22.9 Å². The van der Waals surface area contributed by atoms with Crippen LogP contribution in [0.15, 0.2) is 18.2 Å². The fraction of sp³-hybridized carbons (Fsp3) is 0.357. The van der Waals surface area contributed by atoms with E-state index in [0.717, 1.165) is 0 Å². The van der Waals surface area contributed by atoms with Crippen molar-refractivity contribution < 1.29 is 19.5 Å². The predicted octanol–water partition coefficient (Wildman–Crippen LogP) is 1.92. The Morgan fingerprint density at radius 3 is 2.30 bits per heavy atom. The predicted molar refractivity (Wildman–Crippen MR) is 76.5 cm³/mol. The van der Waals surface area contributed by atoms with E-state index in [1.54, 1.807) is 25.1 Å². The number of nitrogens with two attached hydrogens (primary N) is 1. The van der Waals surface area contributed by atoms with Gasteiger partial charge in [-0.3, -0.25) is 14.4 Å². The first-order valence-electron chi connectivity index (χ1n) is 6.33. The normalized spacial score (nSPS) is 9.15. The van der Waals surface area contributed by atoms with Crippen molar-refractivity contribution in [2.45, 2.75) is 33.6 Å². The Hall–Kier alpha value is -2.37. The number of rotatable bonds is 5. The van der Waals surface area contributed by atoms with Gasteiger partial charge in [-0.2, -0.15) is 0 Å². The number of aryl methyl sites for hydroxylation is 1. The molecule has 0 spiro atoms. The molecule has 0 radical (unpaired) electrons. The molecule has 0 aliphatic rings. The smallest absolute Gasteiger partial charge is 0.303 e. The second-order valence-electron chi connectivity index (χ2n) is 3.80. The summed E-state index contributed by atoms with van der Waals surface area (Å²) in [4.78, 5) is 33.1. The van der Waals surface area contributed by atoms with E-state index >= 15 is 0 Å². The first-order chi connectivity index (χ1) is 9.41. The minimum Gasteiger partial charge on any atom is -0.481 e. The van der Waals surface area contributed by atoms with Crippen molar-refractivity contribution in [3.63, 3.8) is 0 Å². The van der Waals surface area contributed by atoms with Crippen molar-refractivity contribution in [2.24, 2.45) is 5.73 Å². The van der Waals surface area contributed by atoms with Crippen LogP contribution in [0.5, 0.6) is 0 Å². The molecule has 0 aliphatic carbocycles. The molecule has 2 amide bonds. The number of carbonyl (C=O) groups excluding carboxylic acids is 2. The summed E-state index contributed by atoms with van der Waals surface area (Å²) in [6, 6.07) is 4.92. The van der Waals surface area contributed by atoms with Gasteiger partial charge in [-0.25, -0.2) is 0 Å². The Bertz CT molecular complexity index is 498. The lowest BCUT2D eigenvalue weighted by molar-refractivity contribution is -0.138. The lowest BCUT2D eigenvalue weighted by Crippen LogP contribution is -2.19. The van der Waals surface area contributed by atoms with E-state index in [1.165, 1.54) is 0 Å². The van der Waals surface area contributed by atoms with E-state index in [4.69, 9.17) is 10.8 Å². The highest BCUT2D eigenvalue weighted by atomic mass is 16.4. The van der Waals surface area contributed by atoms with Crippen LogP contribution in [0.3, 0.4) is 0 Å². The van der Waals surface area contributed by atoms with Crippen LogP contribution in [-0.2, 0) is 9.59 Å². The second kappa shape index (κ2) is 8.68. The van der Waals surface area contributed by atoms with Gasteiger partial charge in [0.1, 0.15) is 0 Å². The molecule has 0 saturated carbocycles. The van der Waals surface area contributed by atoms with Gasteiger partial charge >= 0.3 is 5.97 Å². The molecule has 110 valence electrons. The molecular formula is C14H20N2O4. The fourth-order valence-corrected chi connectivity index (χ4v) is 1.53. The number of carboxylic acid groups (broad SMARTS) is 1. The minimum atomic E-state index is -1.05. The molecule has 1 rings (SSSR count). The number of primary amides is 1. The van der Waals surface area contributed by atoms with E-state index < -0.39 is 17.8 Å². The molecule has 4 N–H and O–H groups in total. The average Bonchev–Trinajstić information content (AvgIpc) is 2.38. The van der Waals surface area contributed by atoms with Gasteiger partial charge in [0.2, 0.25) is 5.91 Å². The van der Waals surface area contributed by atoms with Gasteiger partial charge in [-0.15, -0.1) is 0 Å². The molecule has 6 heteroatoms. The number of amides is 2. The third-order valence-corrected chi connectivity index (χ3v) is 2.36. The summed E-state index contributed by atoms with van der Waals surface area (Å²) in [5, 5.41) is 10.9. The Balaban J connectivity index is 0.00000172. The number of anilines is 1. The maximum atomic E-state index is 11.5. The molecule has 20 heavy (non-hydrogen) atoms. The zero-order valence-electron chi connectivity index (χ0n) is 11.9. The van der Waals surface area contributed by atoms with Crippen molar-refractivity contribution in [1.82, 2.24) is 0 Å². The van der Waals surface area contributed by atoms with Crippen LogP contribution in [0.2, 0.25) is 0 Å². The third-order valence-electron chi connectivity index (χ3n) is 2.36. The highest BCUT2D eigenvalue weighted by Crippen LogP contribution is 2.19. The van der Waals surface area contributed by atoms with Crippen molar-refractivity contribution in [3.05, 3.63) is 29.3 Å². The molecule has 6 nitrogen and oxygen atoms in total. The highest BCUT2D eigenvalue weighted by Gasteiger charge is 2.13. The van der Waals surface area contributed by atoms with Crippen molar-refractivity contribution >= 4 is 23.5 Å². The van der Waals surface area contributed by atoms with Gasteiger partial charge in [0, 0.05) is 6.42 Å². The maximum absolute atomic E-state index is 11.5. The van der Waals surface area contributed by atoms with Gasteiger partial charge in [-0.1, -0.05) is 26.0 Å². The standard InChI is InChI=1S/C12H14N2O4.C2H6/c1-7-3-2-4-8(11(7)12(13)18)14-9(15)5-6-10(16)17;1-2/h2-4H,5-6H2,1H3,(H2,13,18)(H,14,15)(H,16,17);1-2H3. The van der Waals surface area contributed by atoms with E-state index in [9.17, 15) is 14.4 Å². The molecule has 0 saturated heterocycles. The lowest BCUT2D eigenvalue weighted by Gasteiger charge is -2.10. The SMILES string of the molecule is CC.Cc1cccc(NC(=O)CCC(=O)O)c1C(N)=O. The summed E-state index contributed by atoms with van der Waals surface area (Å²) in [7, 11) is 0. The molecule has 0 aromatic heterocycles. The lowest BCUT2D eigenvalue weighted by atomic mass is 10.1. The van der Waals surface area contributed by atoms with Crippen LogP contribution >= 0.6 is 0 Å². The Morgan fingerprint density at radius 1 is 1.20 bits per heavy atom. The van der Waals surface area contributed by atoms with Crippen LogP contribution in [0.1, 0.15) is 42.6 Å². The summed E-state index contributed by atoms with van der Waals surface area (Å²) in [5.74, 6) is -2.16. The van der Waals surface area contributed by atoms with Gasteiger partial charge in [0.05, 0.1) is 17.7 Å². The Kier molecular flexibility index (Phi) is 7.65. The van der Waals surface area contributed by atoms with E-state index in [2.05, 4.69) is 5.32 Å². The number of nitrogens with one attached hydrogen (secondary N) is 1. The maximum Gasteiger partial charge on any atom is 0.303 e. The minimum absolute atomic E-state index is 0.151. The summed E-state index contributed by atoms with van der Waals surface area (Å²) >= 11 is 0. The number of carboxylic acids is 1. The topological polar surface area (TPSA) is 109 Å². The number of hydrogen-bond acceptors (Lipinski definition) is 3. The van der Waals surface area contributed by atoms with Gasteiger partial charge < -0.3 is 16.2 Å². The van der Waals surface area contributed by atoms with Gasteiger partial charge in [0.15, 0.2) is 0 Å². The quantitative estimate of drug-likeness (QED) is 0.765.